The van der Waals surface area contributed by atoms with Gasteiger partial charge in [-0.2, -0.15) is 26.3 Å². The summed E-state index contributed by atoms with van der Waals surface area (Å²) in [6, 6.07) is 2.76. The monoisotopic (exact) mass is 541 g/mol. The number of rotatable bonds is 3. The van der Waals surface area contributed by atoms with E-state index in [1.165, 1.54) is 4.90 Å². The summed E-state index contributed by atoms with van der Waals surface area (Å²) >= 11 is 25.1. The Morgan fingerprint density at radius 3 is 1.68 bits per heavy atom. The third kappa shape index (κ3) is 5.16. The average Bonchev–Trinajstić information content (AvgIpc) is 2.96. The summed E-state index contributed by atoms with van der Waals surface area (Å²) in [5.41, 5.74) is -1.98. The highest BCUT2D eigenvalue weighted by molar-refractivity contribution is 8.00. The first-order valence-corrected chi connectivity index (χ1v) is 10.8. The van der Waals surface area contributed by atoms with E-state index in [1.807, 2.05) is 0 Å². The highest BCUT2D eigenvalue weighted by atomic mass is 35.5. The van der Waals surface area contributed by atoms with Crippen molar-refractivity contribution in [3.63, 3.8) is 0 Å². The topological polar surface area (TPSA) is 20.3 Å². The second kappa shape index (κ2) is 8.74. The second-order valence-electron chi connectivity index (χ2n) is 6.45. The molecule has 0 radical (unpaired) electrons. The lowest BCUT2D eigenvalue weighted by molar-refractivity contribution is -0.138. The number of hydrogen-bond acceptors (Lipinski definition) is 2. The van der Waals surface area contributed by atoms with Crippen LogP contribution in [0.15, 0.2) is 24.3 Å². The molecule has 0 bridgehead atoms. The van der Waals surface area contributed by atoms with E-state index in [9.17, 15) is 31.1 Å². The fourth-order valence-electron chi connectivity index (χ4n) is 2.94. The third-order valence-electron chi connectivity index (χ3n) is 4.42. The Kier molecular flexibility index (Phi) is 6.95. The Hall–Kier alpha value is -1.00. The van der Waals surface area contributed by atoms with Crippen LogP contribution < -0.4 is 0 Å². The van der Waals surface area contributed by atoms with Crippen LogP contribution in [0.1, 0.15) is 27.6 Å². The standard InChI is InChI=1S/C18H9Cl4F6NOS/c19-10-1-7(17(23,24)25)2-11(20)9(10)5-29-14(30)6-31-16(29)15-12(21)3-8(4-13(15)22)18(26,27)28/h1-4,16H,5-6H2. The van der Waals surface area contributed by atoms with Gasteiger partial charge in [0.2, 0.25) is 5.91 Å². The second-order valence-corrected chi connectivity index (χ2v) is 9.15. The minimum atomic E-state index is -4.68. The van der Waals surface area contributed by atoms with Crippen LogP contribution in [-0.4, -0.2) is 16.6 Å². The van der Waals surface area contributed by atoms with Crippen LogP contribution in [0.4, 0.5) is 26.3 Å². The first-order valence-electron chi connectivity index (χ1n) is 8.22. The third-order valence-corrected chi connectivity index (χ3v) is 6.94. The molecule has 2 aromatic rings. The molecule has 1 saturated heterocycles. The van der Waals surface area contributed by atoms with Crippen molar-refractivity contribution in [1.82, 2.24) is 4.90 Å². The minimum absolute atomic E-state index is 0.0474. The van der Waals surface area contributed by atoms with Gasteiger partial charge < -0.3 is 4.90 Å². The molecule has 2 nitrogen and oxygen atoms in total. The summed E-state index contributed by atoms with van der Waals surface area (Å²) in [6.07, 6.45) is -9.35. The Bertz CT molecular complexity index is 997. The van der Waals surface area contributed by atoms with Crippen molar-refractivity contribution in [2.24, 2.45) is 0 Å². The first kappa shape index (κ1) is 24.6. The SMILES string of the molecule is O=C1CSC(c2c(Cl)cc(C(F)(F)F)cc2Cl)N1Cc1c(Cl)cc(C(F)(F)F)cc1Cl. The predicted octanol–water partition coefficient (Wildman–Crippen LogP) is 8.11. The van der Waals surface area contributed by atoms with E-state index >= 15 is 0 Å². The summed E-state index contributed by atoms with van der Waals surface area (Å²) in [7, 11) is 0. The van der Waals surface area contributed by atoms with Crippen molar-refractivity contribution < 1.29 is 31.1 Å². The van der Waals surface area contributed by atoms with Crippen LogP contribution in [0.3, 0.4) is 0 Å². The molecule has 2 aromatic carbocycles. The van der Waals surface area contributed by atoms with Gasteiger partial charge in [-0.05, 0) is 24.3 Å². The summed E-state index contributed by atoms with van der Waals surface area (Å²) in [5, 5.41) is -2.12. The summed E-state index contributed by atoms with van der Waals surface area (Å²) in [5.74, 6) is -0.483. The zero-order valence-corrected chi connectivity index (χ0v) is 18.7. The van der Waals surface area contributed by atoms with Crippen molar-refractivity contribution in [3.05, 3.63) is 66.6 Å². The minimum Gasteiger partial charge on any atom is -0.321 e. The normalized spacial score (nSPS) is 17.5. The zero-order valence-electron chi connectivity index (χ0n) is 14.8. The smallest absolute Gasteiger partial charge is 0.321 e. The Labute approximate surface area is 196 Å². The molecular weight excluding hydrogens is 534 g/mol. The molecule has 31 heavy (non-hydrogen) atoms. The maximum absolute atomic E-state index is 13.0. The van der Waals surface area contributed by atoms with Crippen LogP contribution in [0.5, 0.6) is 0 Å². The molecule has 1 atom stereocenters. The van der Waals surface area contributed by atoms with Gasteiger partial charge in [0.15, 0.2) is 0 Å². The lowest BCUT2D eigenvalue weighted by Gasteiger charge is -2.27. The Morgan fingerprint density at radius 1 is 0.839 bits per heavy atom. The number of alkyl halides is 6. The molecule has 0 spiro atoms. The highest BCUT2D eigenvalue weighted by Gasteiger charge is 2.39. The van der Waals surface area contributed by atoms with E-state index in [2.05, 4.69) is 0 Å². The van der Waals surface area contributed by atoms with Crippen LogP contribution in [0.25, 0.3) is 0 Å². The first-order chi connectivity index (χ1) is 14.2. The molecule has 1 aliphatic heterocycles. The van der Waals surface area contributed by atoms with Gasteiger partial charge in [-0.25, -0.2) is 0 Å². The van der Waals surface area contributed by atoms with Crippen molar-refractivity contribution in [2.75, 3.05) is 5.75 Å². The predicted molar refractivity (Wildman–Crippen MR) is 109 cm³/mol. The van der Waals surface area contributed by atoms with Gasteiger partial charge in [0, 0.05) is 31.2 Å². The number of nitrogens with zero attached hydrogens (tertiary/aromatic N) is 1. The molecule has 1 amide bonds. The molecule has 168 valence electrons. The zero-order chi connectivity index (χ0) is 23.3. The van der Waals surface area contributed by atoms with Crippen LogP contribution in [-0.2, 0) is 23.7 Å². The number of thioether (sulfide) groups is 1. The van der Waals surface area contributed by atoms with E-state index in [1.54, 1.807) is 0 Å². The van der Waals surface area contributed by atoms with Gasteiger partial charge >= 0.3 is 12.4 Å². The van der Waals surface area contributed by atoms with Crippen molar-refractivity contribution in [3.8, 4) is 0 Å². The molecule has 1 heterocycles. The maximum Gasteiger partial charge on any atom is 0.416 e. The molecule has 1 fully saturated rings. The highest BCUT2D eigenvalue weighted by Crippen LogP contribution is 2.48. The number of carbonyl (C=O) groups is 1. The van der Waals surface area contributed by atoms with E-state index in [-0.39, 0.29) is 43.5 Å². The van der Waals surface area contributed by atoms with Crippen LogP contribution in [0.2, 0.25) is 20.1 Å². The van der Waals surface area contributed by atoms with E-state index < -0.39 is 34.8 Å². The Balaban J connectivity index is 1.99. The molecule has 13 heteroatoms. The molecule has 1 unspecified atom stereocenters. The van der Waals surface area contributed by atoms with Gasteiger partial charge in [0.05, 0.1) is 23.4 Å². The fourth-order valence-corrected chi connectivity index (χ4v) is 5.62. The molecular formula is C18H9Cl4F6NOS. The molecule has 1 aliphatic rings. The number of benzene rings is 2. The lowest BCUT2D eigenvalue weighted by Crippen LogP contribution is -2.28. The summed E-state index contributed by atoms with van der Waals surface area (Å²) in [4.78, 5) is 13.6. The molecule has 0 aliphatic carbocycles. The van der Waals surface area contributed by atoms with E-state index in [0.717, 1.165) is 11.8 Å². The number of carbonyl (C=O) groups excluding carboxylic acids is 1. The quantitative estimate of drug-likeness (QED) is 0.365. The molecule has 3 rings (SSSR count). The average molecular weight is 543 g/mol. The largest absolute Gasteiger partial charge is 0.416 e. The van der Waals surface area contributed by atoms with Gasteiger partial charge in [-0.1, -0.05) is 46.4 Å². The maximum atomic E-state index is 13.0. The van der Waals surface area contributed by atoms with Crippen LogP contribution >= 0.6 is 58.2 Å². The fraction of sp³-hybridized carbons (Fsp3) is 0.278. The number of hydrogen-bond donors (Lipinski definition) is 0. The molecule has 0 saturated carbocycles. The molecule has 0 N–H and O–H groups in total. The summed E-state index contributed by atoms with van der Waals surface area (Å²) < 4.78 is 77.8. The van der Waals surface area contributed by atoms with Gasteiger partial charge in [-0.3, -0.25) is 4.79 Å². The van der Waals surface area contributed by atoms with Gasteiger partial charge in [0.1, 0.15) is 5.37 Å². The van der Waals surface area contributed by atoms with Crippen molar-refractivity contribution >= 4 is 64.1 Å². The van der Waals surface area contributed by atoms with Crippen molar-refractivity contribution in [1.29, 1.82) is 0 Å². The Morgan fingerprint density at radius 2 is 1.26 bits per heavy atom. The number of halogens is 10. The summed E-state index contributed by atoms with van der Waals surface area (Å²) in [6.45, 7) is -0.292. The van der Waals surface area contributed by atoms with E-state index in [4.69, 9.17) is 46.4 Å². The van der Waals surface area contributed by atoms with Gasteiger partial charge in [-0.15, -0.1) is 11.8 Å². The van der Waals surface area contributed by atoms with Crippen LogP contribution in [0, 0.1) is 0 Å². The lowest BCUT2D eigenvalue weighted by atomic mass is 10.1. The van der Waals surface area contributed by atoms with Gasteiger partial charge in [0.25, 0.3) is 0 Å². The molecule has 0 aromatic heterocycles. The number of amides is 1. The van der Waals surface area contributed by atoms with E-state index in [0.29, 0.717) is 24.3 Å². The van der Waals surface area contributed by atoms with Crippen molar-refractivity contribution in [2.45, 2.75) is 24.3 Å².